The molecule has 0 bridgehead atoms. The lowest BCUT2D eigenvalue weighted by Gasteiger charge is -2.30. The molecule has 1 aliphatic heterocycles. The predicted octanol–water partition coefficient (Wildman–Crippen LogP) is 2.17. The van der Waals surface area contributed by atoms with Gasteiger partial charge in [-0.1, -0.05) is 5.16 Å². The first-order valence-corrected chi connectivity index (χ1v) is 8.63. The molecule has 0 aromatic carbocycles. The van der Waals surface area contributed by atoms with Crippen LogP contribution in [0.4, 0.5) is 5.95 Å². The van der Waals surface area contributed by atoms with Crippen LogP contribution < -0.4 is 4.90 Å². The lowest BCUT2D eigenvalue weighted by molar-refractivity contribution is 0.153. The number of anilines is 1. The monoisotopic (exact) mass is 352 g/mol. The number of hydrogen-bond acceptors (Lipinski definition) is 8. The first-order chi connectivity index (χ1) is 12.6. The highest BCUT2D eigenvalue weighted by molar-refractivity contribution is 5.80. The Hall–Kier alpha value is -2.87. The molecule has 0 spiro atoms. The fourth-order valence-corrected chi connectivity index (χ4v) is 3.30. The normalized spacial score (nSPS) is 17.5. The van der Waals surface area contributed by atoms with E-state index in [1.54, 1.807) is 24.8 Å². The molecule has 1 aliphatic rings. The van der Waals surface area contributed by atoms with Crippen molar-refractivity contribution >= 4 is 5.95 Å². The van der Waals surface area contributed by atoms with Gasteiger partial charge >= 0.3 is 0 Å². The van der Waals surface area contributed by atoms with Crippen molar-refractivity contribution in [2.24, 2.45) is 0 Å². The summed E-state index contributed by atoms with van der Waals surface area (Å²) in [5, 5.41) is 14.0. The van der Waals surface area contributed by atoms with E-state index in [2.05, 4.69) is 20.1 Å². The maximum atomic E-state index is 9.97. The third-order valence-electron chi connectivity index (χ3n) is 4.56. The van der Waals surface area contributed by atoms with Gasteiger partial charge in [0.1, 0.15) is 5.76 Å². The summed E-state index contributed by atoms with van der Waals surface area (Å²) in [4.78, 5) is 19.9. The highest BCUT2D eigenvalue weighted by Crippen LogP contribution is 2.34. The van der Waals surface area contributed by atoms with Gasteiger partial charge in [-0.2, -0.15) is 0 Å². The molecule has 0 amide bonds. The van der Waals surface area contributed by atoms with Crippen molar-refractivity contribution in [2.45, 2.75) is 32.8 Å². The summed E-state index contributed by atoms with van der Waals surface area (Å²) in [5.41, 5.74) is 3.77. The van der Waals surface area contributed by atoms with E-state index in [0.717, 1.165) is 36.2 Å². The smallest absolute Gasteiger partial charge is 0.225 e. The summed E-state index contributed by atoms with van der Waals surface area (Å²) in [6.07, 6.45) is 8.08. The zero-order valence-corrected chi connectivity index (χ0v) is 14.8. The summed E-state index contributed by atoms with van der Waals surface area (Å²) in [6.45, 7) is 5.11. The molecule has 0 aliphatic carbocycles. The molecule has 4 heterocycles. The van der Waals surface area contributed by atoms with Crippen molar-refractivity contribution in [3.05, 3.63) is 36.2 Å². The van der Waals surface area contributed by atoms with E-state index < -0.39 is 0 Å². The van der Waals surface area contributed by atoms with E-state index in [1.165, 1.54) is 0 Å². The predicted molar refractivity (Wildman–Crippen MR) is 95.5 cm³/mol. The van der Waals surface area contributed by atoms with E-state index in [-0.39, 0.29) is 6.10 Å². The Bertz CT molecular complexity index is 892. The molecule has 1 saturated heterocycles. The largest absolute Gasteiger partial charge is 0.391 e. The molecule has 0 unspecified atom stereocenters. The quantitative estimate of drug-likeness (QED) is 0.765. The second-order valence-electron chi connectivity index (χ2n) is 6.46. The highest BCUT2D eigenvalue weighted by Gasteiger charge is 2.24. The maximum Gasteiger partial charge on any atom is 0.225 e. The highest BCUT2D eigenvalue weighted by atomic mass is 16.5. The first-order valence-electron chi connectivity index (χ1n) is 8.63. The fourth-order valence-electron chi connectivity index (χ4n) is 3.30. The molecule has 8 heteroatoms. The number of piperidine rings is 1. The summed E-state index contributed by atoms with van der Waals surface area (Å²) in [6, 6.07) is 0. The van der Waals surface area contributed by atoms with Gasteiger partial charge in [-0.15, -0.1) is 0 Å². The molecule has 1 fully saturated rings. The molecular weight excluding hydrogens is 332 g/mol. The Kier molecular flexibility index (Phi) is 4.34. The lowest BCUT2D eigenvalue weighted by Crippen LogP contribution is -2.39. The number of hydrogen-bond donors (Lipinski definition) is 1. The lowest BCUT2D eigenvalue weighted by atomic mass is 10.0. The second-order valence-corrected chi connectivity index (χ2v) is 6.46. The van der Waals surface area contributed by atoms with Crippen LogP contribution in [0.2, 0.25) is 0 Å². The van der Waals surface area contributed by atoms with Crippen LogP contribution in [0.15, 0.2) is 29.3 Å². The third kappa shape index (κ3) is 3.03. The van der Waals surface area contributed by atoms with E-state index in [4.69, 9.17) is 9.51 Å². The van der Waals surface area contributed by atoms with Crippen LogP contribution in [0.25, 0.3) is 22.5 Å². The number of nitrogens with zero attached hydrogens (tertiary/aromatic N) is 6. The minimum Gasteiger partial charge on any atom is -0.391 e. The average molecular weight is 352 g/mol. The van der Waals surface area contributed by atoms with Gasteiger partial charge in [-0.25, -0.2) is 9.97 Å². The van der Waals surface area contributed by atoms with Crippen molar-refractivity contribution in [1.29, 1.82) is 0 Å². The number of aromatic nitrogens is 5. The second kappa shape index (κ2) is 6.80. The topological polar surface area (TPSA) is 101 Å². The van der Waals surface area contributed by atoms with Gasteiger partial charge in [0.2, 0.25) is 5.95 Å². The number of aliphatic hydroxyl groups is 1. The van der Waals surface area contributed by atoms with Crippen LogP contribution in [0.3, 0.4) is 0 Å². The molecule has 0 radical (unpaired) electrons. The van der Waals surface area contributed by atoms with Crippen LogP contribution in [-0.2, 0) is 0 Å². The molecule has 1 N–H and O–H groups in total. The minimum atomic E-state index is -0.352. The van der Waals surface area contributed by atoms with Gasteiger partial charge < -0.3 is 14.5 Å². The molecular formula is C18H20N6O2. The summed E-state index contributed by atoms with van der Waals surface area (Å²) >= 11 is 0. The molecule has 1 atom stereocenters. The van der Waals surface area contributed by atoms with Crippen molar-refractivity contribution in [2.75, 3.05) is 18.0 Å². The Morgan fingerprint density at radius 2 is 2.08 bits per heavy atom. The molecule has 0 saturated carbocycles. The molecule has 8 nitrogen and oxygen atoms in total. The standard InChI is InChI=1S/C18H20N6O2/c1-11-16(12(2)26-23-11)17-14(15-9-19-5-6-20-15)8-21-18(22-17)24-7-3-4-13(25)10-24/h5-6,8-9,13,25H,3-4,7,10H2,1-2H3/t13-/m0/s1. The zero-order chi connectivity index (χ0) is 18.1. The summed E-state index contributed by atoms with van der Waals surface area (Å²) < 4.78 is 5.34. The molecule has 26 heavy (non-hydrogen) atoms. The number of aryl methyl sites for hydroxylation is 2. The van der Waals surface area contributed by atoms with E-state index in [0.29, 0.717) is 29.6 Å². The minimum absolute atomic E-state index is 0.352. The Balaban J connectivity index is 1.85. The molecule has 134 valence electrons. The third-order valence-corrected chi connectivity index (χ3v) is 4.56. The van der Waals surface area contributed by atoms with E-state index in [1.807, 2.05) is 18.7 Å². The summed E-state index contributed by atoms with van der Waals surface area (Å²) in [5.74, 6) is 1.28. The van der Waals surface area contributed by atoms with Crippen molar-refractivity contribution in [3.8, 4) is 22.5 Å². The Morgan fingerprint density at radius 1 is 1.19 bits per heavy atom. The molecule has 4 rings (SSSR count). The maximum absolute atomic E-state index is 9.97. The number of rotatable bonds is 3. The fraction of sp³-hybridized carbons (Fsp3) is 0.389. The van der Waals surface area contributed by atoms with Crippen LogP contribution in [0, 0.1) is 13.8 Å². The van der Waals surface area contributed by atoms with Gasteiger partial charge in [0.15, 0.2) is 0 Å². The van der Waals surface area contributed by atoms with Gasteiger partial charge in [-0.3, -0.25) is 9.97 Å². The molecule has 3 aromatic rings. The average Bonchev–Trinajstić information content (AvgIpc) is 3.00. The first kappa shape index (κ1) is 16.6. The van der Waals surface area contributed by atoms with Gasteiger partial charge in [0.05, 0.1) is 34.9 Å². The van der Waals surface area contributed by atoms with Crippen molar-refractivity contribution in [1.82, 2.24) is 25.1 Å². The van der Waals surface area contributed by atoms with E-state index in [9.17, 15) is 5.11 Å². The van der Waals surface area contributed by atoms with E-state index >= 15 is 0 Å². The van der Waals surface area contributed by atoms with Crippen LogP contribution in [-0.4, -0.2) is 49.4 Å². The Morgan fingerprint density at radius 3 is 2.77 bits per heavy atom. The summed E-state index contributed by atoms with van der Waals surface area (Å²) in [7, 11) is 0. The number of aliphatic hydroxyl groups excluding tert-OH is 1. The van der Waals surface area contributed by atoms with Crippen LogP contribution in [0.1, 0.15) is 24.3 Å². The van der Waals surface area contributed by atoms with Crippen LogP contribution >= 0.6 is 0 Å². The SMILES string of the molecule is Cc1noc(C)c1-c1nc(N2CCC[C@H](O)C2)ncc1-c1cnccn1. The van der Waals surface area contributed by atoms with Gasteiger partial charge in [-0.05, 0) is 26.7 Å². The zero-order valence-electron chi connectivity index (χ0n) is 14.8. The van der Waals surface area contributed by atoms with Crippen molar-refractivity contribution < 1.29 is 9.63 Å². The number of β-amino-alcohol motifs (C(OH)–C–C–N with tert-alkyl or cyclic N) is 1. The van der Waals surface area contributed by atoms with Gasteiger partial charge in [0, 0.05) is 37.2 Å². The molecule has 3 aromatic heterocycles. The van der Waals surface area contributed by atoms with Crippen molar-refractivity contribution in [3.63, 3.8) is 0 Å². The Labute approximate surface area is 150 Å². The van der Waals surface area contributed by atoms with Crippen LogP contribution in [0.5, 0.6) is 0 Å². The van der Waals surface area contributed by atoms with Gasteiger partial charge in [0.25, 0.3) is 0 Å².